The molecule has 23 heavy (non-hydrogen) atoms. The number of hydrogen-bond acceptors (Lipinski definition) is 7. The molecule has 0 radical (unpaired) electrons. The van der Waals surface area contributed by atoms with Crippen LogP contribution in [0, 0.1) is 11.3 Å². The fraction of sp³-hybridized carbons (Fsp3) is 0.467. The van der Waals surface area contributed by atoms with Crippen LogP contribution in [0.15, 0.2) is 15.9 Å². The van der Waals surface area contributed by atoms with Crippen molar-refractivity contribution < 1.29 is 13.9 Å². The van der Waals surface area contributed by atoms with E-state index in [4.69, 9.17) is 14.4 Å². The van der Waals surface area contributed by atoms with Crippen LogP contribution < -0.4 is 0 Å². The molecule has 0 saturated carbocycles. The van der Waals surface area contributed by atoms with Crippen molar-refractivity contribution in [1.29, 1.82) is 5.26 Å². The number of carbonyl (C=O) groups is 1. The van der Waals surface area contributed by atoms with Crippen molar-refractivity contribution in [2.24, 2.45) is 0 Å². The Morgan fingerprint density at radius 1 is 1.52 bits per heavy atom. The number of nitrogens with zero attached hydrogens (tertiary/aromatic N) is 4. The van der Waals surface area contributed by atoms with Gasteiger partial charge in [0, 0.05) is 12.5 Å². The second-order valence-electron chi connectivity index (χ2n) is 5.52. The summed E-state index contributed by atoms with van der Waals surface area (Å²) in [7, 11) is 0. The number of nitriles is 1. The van der Waals surface area contributed by atoms with E-state index in [2.05, 4.69) is 10.2 Å². The zero-order valence-electron chi connectivity index (χ0n) is 12.9. The SMILES string of the molecule is CC(C)c1nnc(C2CN(C(=O)c3sccc3C#N)CCO2)o1. The van der Waals surface area contributed by atoms with Gasteiger partial charge >= 0.3 is 0 Å². The molecule has 2 aromatic heterocycles. The third-order valence-corrected chi connectivity index (χ3v) is 4.46. The molecule has 1 saturated heterocycles. The summed E-state index contributed by atoms with van der Waals surface area (Å²) in [5, 5.41) is 18.8. The maximum absolute atomic E-state index is 12.6. The van der Waals surface area contributed by atoms with Crippen LogP contribution in [0.1, 0.15) is 52.9 Å². The zero-order valence-corrected chi connectivity index (χ0v) is 13.7. The number of ether oxygens (including phenoxy) is 1. The molecule has 0 aliphatic carbocycles. The fourth-order valence-corrected chi connectivity index (χ4v) is 3.11. The number of thiophene rings is 1. The van der Waals surface area contributed by atoms with Crippen LogP contribution in [0.25, 0.3) is 0 Å². The number of hydrogen-bond donors (Lipinski definition) is 0. The van der Waals surface area contributed by atoms with E-state index in [0.29, 0.717) is 41.9 Å². The van der Waals surface area contributed by atoms with Gasteiger partial charge in [-0.15, -0.1) is 21.5 Å². The molecular formula is C15H16N4O3S. The Kier molecular flexibility index (Phi) is 4.41. The zero-order chi connectivity index (χ0) is 16.4. The highest BCUT2D eigenvalue weighted by atomic mass is 32.1. The van der Waals surface area contributed by atoms with Crippen LogP contribution >= 0.6 is 11.3 Å². The summed E-state index contributed by atoms with van der Waals surface area (Å²) in [4.78, 5) is 14.7. The number of morpholine rings is 1. The molecular weight excluding hydrogens is 316 g/mol. The lowest BCUT2D eigenvalue weighted by Crippen LogP contribution is -2.42. The molecule has 120 valence electrons. The smallest absolute Gasteiger partial charge is 0.265 e. The lowest BCUT2D eigenvalue weighted by atomic mass is 10.2. The molecule has 1 fully saturated rings. The highest BCUT2D eigenvalue weighted by Crippen LogP contribution is 2.26. The van der Waals surface area contributed by atoms with Gasteiger partial charge in [0.1, 0.15) is 10.9 Å². The standard InChI is InChI=1S/C15H16N4O3S/c1-9(2)13-17-18-14(22-13)11-8-19(4-5-21-11)15(20)12-10(7-16)3-6-23-12/h3,6,9,11H,4-5,8H2,1-2H3. The fourth-order valence-electron chi connectivity index (χ4n) is 2.30. The van der Waals surface area contributed by atoms with Crippen LogP contribution in [-0.2, 0) is 4.74 Å². The Hall–Kier alpha value is -2.24. The molecule has 1 aliphatic heterocycles. The minimum absolute atomic E-state index is 0.141. The Morgan fingerprint density at radius 2 is 2.35 bits per heavy atom. The topological polar surface area (TPSA) is 92.2 Å². The van der Waals surface area contributed by atoms with E-state index < -0.39 is 6.10 Å². The molecule has 7 nitrogen and oxygen atoms in total. The van der Waals surface area contributed by atoms with E-state index in [9.17, 15) is 4.79 Å². The predicted octanol–water partition coefficient (Wildman–Crippen LogP) is 2.34. The quantitative estimate of drug-likeness (QED) is 0.856. The van der Waals surface area contributed by atoms with Crippen LogP contribution in [0.2, 0.25) is 0 Å². The van der Waals surface area contributed by atoms with E-state index in [1.165, 1.54) is 11.3 Å². The van der Waals surface area contributed by atoms with Crippen molar-refractivity contribution in [2.75, 3.05) is 19.7 Å². The molecule has 3 heterocycles. The summed E-state index contributed by atoms with van der Waals surface area (Å²) in [6.45, 7) is 5.14. The van der Waals surface area contributed by atoms with Crippen LogP contribution in [-0.4, -0.2) is 40.7 Å². The molecule has 2 aromatic rings. The minimum Gasteiger partial charge on any atom is -0.422 e. The minimum atomic E-state index is -0.432. The average molecular weight is 332 g/mol. The number of rotatable bonds is 3. The maximum atomic E-state index is 12.6. The second kappa shape index (κ2) is 6.48. The van der Waals surface area contributed by atoms with E-state index in [-0.39, 0.29) is 11.8 Å². The third kappa shape index (κ3) is 3.11. The molecule has 0 N–H and O–H groups in total. The van der Waals surface area contributed by atoms with Crippen molar-refractivity contribution in [2.45, 2.75) is 25.9 Å². The number of carbonyl (C=O) groups excluding carboxylic acids is 1. The van der Waals surface area contributed by atoms with Crippen LogP contribution in [0.4, 0.5) is 0 Å². The van der Waals surface area contributed by atoms with Gasteiger partial charge in [0.25, 0.3) is 5.91 Å². The molecule has 0 spiro atoms. The Balaban J connectivity index is 1.75. The Labute approximate surface area is 137 Å². The summed E-state index contributed by atoms with van der Waals surface area (Å²) >= 11 is 1.28. The molecule has 8 heteroatoms. The number of aromatic nitrogens is 2. The van der Waals surface area contributed by atoms with E-state index in [0.717, 1.165) is 0 Å². The third-order valence-electron chi connectivity index (χ3n) is 3.56. The molecule has 0 aromatic carbocycles. The van der Waals surface area contributed by atoms with Crippen molar-refractivity contribution >= 4 is 17.2 Å². The number of amides is 1. The normalized spacial score (nSPS) is 18.2. The maximum Gasteiger partial charge on any atom is 0.265 e. The summed E-state index contributed by atoms with van der Waals surface area (Å²) in [6, 6.07) is 3.70. The highest BCUT2D eigenvalue weighted by molar-refractivity contribution is 7.12. The molecule has 3 rings (SSSR count). The Morgan fingerprint density at radius 3 is 3.04 bits per heavy atom. The Bertz CT molecular complexity index is 746. The van der Waals surface area contributed by atoms with Crippen molar-refractivity contribution in [3.8, 4) is 6.07 Å². The van der Waals surface area contributed by atoms with Gasteiger partial charge in [0.2, 0.25) is 11.8 Å². The summed E-state index contributed by atoms with van der Waals surface area (Å²) in [5.41, 5.74) is 0.405. The summed E-state index contributed by atoms with van der Waals surface area (Å²) < 4.78 is 11.3. The van der Waals surface area contributed by atoms with Gasteiger partial charge in [-0.05, 0) is 11.4 Å². The predicted molar refractivity (Wildman–Crippen MR) is 82.0 cm³/mol. The van der Waals surface area contributed by atoms with Gasteiger partial charge in [-0.3, -0.25) is 4.79 Å². The van der Waals surface area contributed by atoms with E-state index in [1.807, 2.05) is 19.9 Å². The average Bonchev–Trinajstić information content (AvgIpc) is 3.23. The molecule has 1 aliphatic rings. The van der Waals surface area contributed by atoms with E-state index >= 15 is 0 Å². The van der Waals surface area contributed by atoms with Crippen LogP contribution in [0.3, 0.4) is 0 Å². The molecule has 1 unspecified atom stereocenters. The van der Waals surface area contributed by atoms with Gasteiger partial charge in [-0.1, -0.05) is 13.8 Å². The largest absolute Gasteiger partial charge is 0.422 e. The first-order valence-electron chi connectivity index (χ1n) is 7.32. The van der Waals surface area contributed by atoms with Gasteiger partial charge in [-0.25, -0.2) is 0 Å². The van der Waals surface area contributed by atoms with Gasteiger partial charge in [0.15, 0.2) is 6.10 Å². The lowest BCUT2D eigenvalue weighted by Gasteiger charge is -2.31. The molecule has 1 amide bonds. The van der Waals surface area contributed by atoms with Crippen molar-refractivity contribution in [3.63, 3.8) is 0 Å². The first-order chi connectivity index (χ1) is 11.1. The highest BCUT2D eigenvalue weighted by Gasteiger charge is 2.31. The van der Waals surface area contributed by atoms with Crippen molar-refractivity contribution in [3.05, 3.63) is 33.7 Å². The summed E-state index contributed by atoms with van der Waals surface area (Å²) in [6.07, 6.45) is -0.432. The first-order valence-corrected chi connectivity index (χ1v) is 8.20. The van der Waals surface area contributed by atoms with Gasteiger partial charge in [0.05, 0.1) is 18.7 Å². The van der Waals surface area contributed by atoms with Gasteiger partial charge in [-0.2, -0.15) is 5.26 Å². The van der Waals surface area contributed by atoms with E-state index in [1.54, 1.807) is 16.3 Å². The summed E-state index contributed by atoms with van der Waals surface area (Å²) in [5.74, 6) is 0.922. The van der Waals surface area contributed by atoms with Crippen molar-refractivity contribution in [1.82, 2.24) is 15.1 Å². The van der Waals surface area contributed by atoms with Gasteiger partial charge < -0.3 is 14.1 Å². The monoisotopic (exact) mass is 332 g/mol. The van der Waals surface area contributed by atoms with Crippen LogP contribution in [0.5, 0.6) is 0 Å². The molecule has 1 atom stereocenters. The second-order valence-corrected chi connectivity index (χ2v) is 6.44. The lowest BCUT2D eigenvalue weighted by molar-refractivity contribution is -0.0349. The molecule has 0 bridgehead atoms. The first kappa shape index (κ1) is 15.6.